The fourth-order valence-corrected chi connectivity index (χ4v) is 9.27. The lowest BCUT2D eigenvalue weighted by atomic mass is 10.1. The second-order valence-corrected chi connectivity index (χ2v) is 13.7. The topological polar surface area (TPSA) is 43.4 Å². The van der Waals surface area contributed by atoms with Crippen molar-refractivity contribution >= 4 is 20.4 Å². The molecule has 0 saturated carbocycles. The van der Waals surface area contributed by atoms with E-state index in [0.717, 1.165) is 50.6 Å². The minimum atomic E-state index is -4.09. The van der Waals surface area contributed by atoms with Gasteiger partial charge in [0.05, 0.1) is 4.90 Å². The number of rotatable bonds is 9. The van der Waals surface area contributed by atoms with Crippen LogP contribution in [0.4, 0.5) is 0 Å². The van der Waals surface area contributed by atoms with Crippen LogP contribution in [0, 0.1) is 20.8 Å². The van der Waals surface area contributed by atoms with Crippen molar-refractivity contribution in [2.75, 3.05) is 0 Å². The first-order valence-corrected chi connectivity index (χ1v) is 15.3. The van der Waals surface area contributed by atoms with E-state index in [2.05, 4.69) is 19.1 Å². The van der Waals surface area contributed by atoms with Crippen molar-refractivity contribution in [3.63, 3.8) is 0 Å². The van der Waals surface area contributed by atoms with Crippen molar-refractivity contribution < 1.29 is 12.0 Å². The molecule has 4 rings (SSSR count). The van der Waals surface area contributed by atoms with Crippen molar-refractivity contribution in [2.45, 2.75) is 66.5 Å². The highest BCUT2D eigenvalue weighted by Crippen LogP contribution is 2.70. The van der Waals surface area contributed by atoms with E-state index < -0.39 is 20.4 Å². The van der Waals surface area contributed by atoms with E-state index in [1.54, 1.807) is 24.3 Å². The molecule has 5 heteroatoms. The van der Waals surface area contributed by atoms with Gasteiger partial charge in [-0.1, -0.05) is 78.6 Å². The zero-order chi connectivity index (χ0) is 25.8. The van der Waals surface area contributed by atoms with Gasteiger partial charge >= 0.3 is 10.1 Å². The maximum absolute atomic E-state index is 13.8. The summed E-state index contributed by atoms with van der Waals surface area (Å²) in [7, 11) is -6.69. The van der Waals surface area contributed by atoms with Crippen LogP contribution in [0.1, 0.15) is 42.0 Å². The van der Waals surface area contributed by atoms with Crippen molar-refractivity contribution in [3.05, 3.63) is 119 Å². The van der Waals surface area contributed by atoms with Crippen LogP contribution in [0.3, 0.4) is 0 Å². The van der Waals surface area contributed by atoms with Crippen LogP contribution in [0.5, 0.6) is 0 Å². The average Bonchev–Trinajstić information content (AvgIpc) is 2.88. The molecule has 4 aromatic rings. The molecule has 0 saturated heterocycles. The average molecular weight is 519 g/mol. The Labute approximate surface area is 217 Å². The summed E-state index contributed by atoms with van der Waals surface area (Å²) in [6.07, 6.45) is 3.24. The Morgan fingerprint density at radius 3 is 1.31 bits per heavy atom. The molecule has 0 bridgehead atoms. The van der Waals surface area contributed by atoms with E-state index in [9.17, 15) is 8.42 Å². The number of benzene rings is 4. The molecule has 36 heavy (non-hydrogen) atoms. The van der Waals surface area contributed by atoms with E-state index >= 15 is 0 Å². The van der Waals surface area contributed by atoms with Crippen LogP contribution in [-0.2, 0) is 20.2 Å². The van der Waals surface area contributed by atoms with E-state index in [1.807, 2.05) is 81.4 Å². The first kappa shape index (κ1) is 26.2. The van der Waals surface area contributed by atoms with E-state index in [-0.39, 0.29) is 4.90 Å². The molecule has 0 aliphatic rings. The highest BCUT2D eigenvalue weighted by molar-refractivity contribution is 8.33. The summed E-state index contributed by atoms with van der Waals surface area (Å²) in [5, 5.41) is 0. The minimum absolute atomic E-state index is 0.156. The smallest absolute Gasteiger partial charge is 0.203 e. The zero-order valence-electron chi connectivity index (χ0n) is 21.4. The van der Waals surface area contributed by atoms with Gasteiger partial charge in [-0.05, 0) is 98.0 Å². The summed E-state index contributed by atoms with van der Waals surface area (Å²) in [6, 6.07) is 31.2. The van der Waals surface area contributed by atoms with Crippen LogP contribution in [0.25, 0.3) is 0 Å². The zero-order valence-corrected chi connectivity index (χ0v) is 23.0. The van der Waals surface area contributed by atoms with Crippen LogP contribution in [0.2, 0.25) is 0 Å². The molecular weight excluding hydrogens is 484 g/mol. The molecule has 3 nitrogen and oxygen atoms in total. The Hall–Kier alpha value is -2.86. The molecule has 0 fully saturated rings. The molecule has 0 N–H and O–H groups in total. The lowest BCUT2D eigenvalue weighted by molar-refractivity contribution is 0.508. The summed E-state index contributed by atoms with van der Waals surface area (Å²) in [4.78, 5) is 2.69. The van der Waals surface area contributed by atoms with E-state index in [1.165, 1.54) is 5.56 Å². The maximum Gasteiger partial charge on any atom is 0.307 e. The van der Waals surface area contributed by atoms with Gasteiger partial charge in [-0.3, -0.25) is 0 Å². The molecule has 0 aliphatic carbocycles. The number of unbranched alkanes of at least 4 members (excludes halogenated alkanes) is 1. The van der Waals surface area contributed by atoms with Gasteiger partial charge in [0, 0.05) is 14.7 Å². The summed E-state index contributed by atoms with van der Waals surface area (Å²) in [6.45, 7) is 8.17. The second-order valence-electron chi connectivity index (χ2n) is 9.27. The van der Waals surface area contributed by atoms with Crippen molar-refractivity contribution in [2.24, 2.45) is 0 Å². The van der Waals surface area contributed by atoms with E-state index in [0.29, 0.717) is 0 Å². The monoisotopic (exact) mass is 518 g/mol. The Kier molecular flexibility index (Phi) is 8.04. The van der Waals surface area contributed by atoms with E-state index in [4.69, 9.17) is 3.63 Å². The number of aryl methyl sites for hydroxylation is 4. The van der Waals surface area contributed by atoms with Crippen molar-refractivity contribution in [1.29, 1.82) is 0 Å². The first-order valence-electron chi connectivity index (χ1n) is 12.3. The molecule has 188 valence electrons. The Morgan fingerprint density at radius 1 is 0.556 bits per heavy atom. The maximum atomic E-state index is 13.8. The Bertz CT molecular complexity index is 1340. The molecular formula is C31H34O3S2. The van der Waals surface area contributed by atoms with Gasteiger partial charge in [-0.25, -0.2) is 3.63 Å². The summed E-state index contributed by atoms with van der Waals surface area (Å²) in [5.41, 5.74) is 4.44. The first-order chi connectivity index (χ1) is 17.2. The van der Waals surface area contributed by atoms with Gasteiger partial charge in [0.25, 0.3) is 0 Å². The summed E-state index contributed by atoms with van der Waals surface area (Å²) < 4.78 is 34.1. The molecule has 0 unspecified atom stereocenters. The molecule has 0 aromatic heterocycles. The normalized spacial score (nSPS) is 12.4. The Balaban J connectivity index is 1.96. The summed E-state index contributed by atoms with van der Waals surface area (Å²) >= 11 is 0. The third-order valence-electron chi connectivity index (χ3n) is 6.28. The predicted octanol–water partition coefficient (Wildman–Crippen LogP) is 8.56. The number of hydrogen-bond donors (Lipinski definition) is 0. The fraction of sp³-hybridized carbons (Fsp3) is 0.226. The molecule has 0 atom stereocenters. The largest absolute Gasteiger partial charge is 0.307 e. The van der Waals surface area contributed by atoms with Gasteiger partial charge in [-0.15, -0.1) is 0 Å². The predicted molar refractivity (Wildman–Crippen MR) is 149 cm³/mol. The molecule has 0 aliphatic heterocycles. The summed E-state index contributed by atoms with van der Waals surface area (Å²) in [5.74, 6) is 0. The third-order valence-corrected chi connectivity index (χ3v) is 11.5. The molecule has 4 aromatic carbocycles. The molecule has 0 spiro atoms. The van der Waals surface area contributed by atoms with Crippen LogP contribution >= 0.6 is 10.3 Å². The SMILES string of the molecule is CCCCc1ccc(S(OS(=O)(=O)c2ccc(C)cc2)(c2ccc(C)cc2)c2ccc(C)cc2)cc1. The third kappa shape index (κ3) is 5.59. The van der Waals surface area contributed by atoms with Gasteiger partial charge in [0.2, 0.25) is 0 Å². The standard InChI is InChI=1S/C31H34O3S2/c1-5-6-7-27-14-22-30(23-15-27)35(28-16-8-24(2)9-17-28,29-18-10-25(3)11-19-29)34-36(32,33)31-20-12-26(4)13-21-31/h8-23H,5-7H2,1-4H3. The second kappa shape index (κ2) is 11.0. The van der Waals surface area contributed by atoms with Crippen molar-refractivity contribution in [1.82, 2.24) is 0 Å². The highest BCUT2D eigenvalue weighted by Gasteiger charge is 2.38. The Morgan fingerprint density at radius 2 is 0.917 bits per heavy atom. The number of hydrogen-bond acceptors (Lipinski definition) is 3. The van der Waals surface area contributed by atoms with Crippen LogP contribution in [0.15, 0.2) is 117 Å². The quantitative estimate of drug-likeness (QED) is 0.223. The van der Waals surface area contributed by atoms with Gasteiger partial charge < -0.3 is 0 Å². The lowest BCUT2D eigenvalue weighted by Crippen LogP contribution is -2.14. The molecule has 0 radical (unpaired) electrons. The van der Waals surface area contributed by atoms with Crippen LogP contribution < -0.4 is 0 Å². The lowest BCUT2D eigenvalue weighted by Gasteiger charge is -2.39. The van der Waals surface area contributed by atoms with Crippen molar-refractivity contribution in [3.8, 4) is 0 Å². The van der Waals surface area contributed by atoms with Gasteiger partial charge in [0.15, 0.2) is 0 Å². The highest BCUT2D eigenvalue weighted by atomic mass is 32.3. The van der Waals surface area contributed by atoms with Crippen LogP contribution in [-0.4, -0.2) is 8.42 Å². The van der Waals surface area contributed by atoms with Gasteiger partial charge in [-0.2, -0.15) is 8.42 Å². The fourth-order valence-electron chi connectivity index (χ4n) is 4.09. The molecule has 0 heterocycles. The van der Waals surface area contributed by atoms with Gasteiger partial charge in [0.1, 0.15) is 0 Å². The minimum Gasteiger partial charge on any atom is -0.203 e. The molecule has 0 amide bonds.